The molecule has 1 aliphatic heterocycles. The summed E-state index contributed by atoms with van der Waals surface area (Å²) in [7, 11) is 0. The highest BCUT2D eigenvalue weighted by Gasteiger charge is 2.31. The summed E-state index contributed by atoms with van der Waals surface area (Å²) in [5, 5.41) is 0. The molecule has 1 fully saturated rings. The van der Waals surface area contributed by atoms with Crippen molar-refractivity contribution in [3.63, 3.8) is 0 Å². The molecule has 3 rings (SSSR count). The Labute approximate surface area is 158 Å². The number of Topliss-reactive ketones (excluding diaryl/α,β-unsaturated/α-hetero) is 1. The average molecular weight is 365 g/mol. The molecular formula is C22H23NO4. The SMILES string of the molecule is O=C(Cc1ccccc1)C(=O)N1CCC[C@@H](C(=O)OCc2ccccc2)C1. The Bertz CT molecular complexity index is 788. The van der Waals surface area contributed by atoms with Crippen molar-refractivity contribution in [3.8, 4) is 0 Å². The maximum absolute atomic E-state index is 12.5. The van der Waals surface area contributed by atoms with Crippen LogP contribution < -0.4 is 0 Å². The molecule has 27 heavy (non-hydrogen) atoms. The minimum atomic E-state index is -0.514. The summed E-state index contributed by atoms with van der Waals surface area (Å²) in [6.07, 6.45) is 1.44. The van der Waals surface area contributed by atoms with Crippen molar-refractivity contribution < 1.29 is 19.1 Å². The molecule has 0 bridgehead atoms. The van der Waals surface area contributed by atoms with E-state index in [-0.39, 0.29) is 31.5 Å². The molecule has 0 aromatic heterocycles. The number of ether oxygens (including phenoxy) is 1. The second-order valence-corrected chi connectivity index (χ2v) is 6.77. The number of carbonyl (C=O) groups is 3. The number of rotatable bonds is 6. The Morgan fingerprint density at radius 2 is 1.56 bits per heavy atom. The largest absolute Gasteiger partial charge is 0.461 e. The van der Waals surface area contributed by atoms with Gasteiger partial charge in [-0.2, -0.15) is 0 Å². The molecule has 0 radical (unpaired) electrons. The van der Waals surface area contributed by atoms with Crippen LogP contribution in [0.2, 0.25) is 0 Å². The van der Waals surface area contributed by atoms with E-state index in [2.05, 4.69) is 0 Å². The van der Waals surface area contributed by atoms with Crippen LogP contribution in [0, 0.1) is 5.92 Å². The summed E-state index contributed by atoms with van der Waals surface area (Å²) in [5.74, 6) is -1.65. The molecule has 2 aromatic rings. The Kier molecular flexibility index (Phi) is 6.36. The first kappa shape index (κ1) is 18.8. The number of benzene rings is 2. The quantitative estimate of drug-likeness (QED) is 0.583. The number of amides is 1. The van der Waals surface area contributed by atoms with E-state index in [4.69, 9.17) is 4.74 Å². The second-order valence-electron chi connectivity index (χ2n) is 6.77. The molecule has 1 saturated heterocycles. The predicted molar refractivity (Wildman–Crippen MR) is 101 cm³/mol. The summed E-state index contributed by atoms with van der Waals surface area (Å²) in [5.41, 5.74) is 1.74. The van der Waals surface area contributed by atoms with Crippen LogP contribution >= 0.6 is 0 Å². The number of carbonyl (C=O) groups excluding carboxylic acids is 3. The lowest BCUT2D eigenvalue weighted by atomic mass is 9.97. The van der Waals surface area contributed by atoms with E-state index in [1.165, 1.54) is 4.90 Å². The van der Waals surface area contributed by atoms with Crippen molar-refractivity contribution in [3.05, 3.63) is 71.8 Å². The molecular weight excluding hydrogens is 342 g/mol. The topological polar surface area (TPSA) is 63.7 Å². The van der Waals surface area contributed by atoms with Gasteiger partial charge in [0.2, 0.25) is 5.78 Å². The molecule has 0 unspecified atom stereocenters. The third-order valence-corrected chi connectivity index (χ3v) is 4.71. The standard InChI is InChI=1S/C22H23NO4/c24-20(14-17-8-3-1-4-9-17)21(25)23-13-7-12-19(15-23)22(26)27-16-18-10-5-2-6-11-18/h1-6,8-11,19H,7,12-16H2/t19-/m1/s1. The van der Waals surface area contributed by atoms with E-state index >= 15 is 0 Å². The number of hydrogen-bond acceptors (Lipinski definition) is 4. The summed E-state index contributed by atoms with van der Waals surface area (Å²) in [4.78, 5) is 38.6. The van der Waals surface area contributed by atoms with Gasteiger partial charge in [0, 0.05) is 19.5 Å². The van der Waals surface area contributed by atoms with Crippen LogP contribution in [0.25, 0.3) is 0 Å². The maximum Gasteiger partial charge on any atom is 0.311 e. The van der Waals surface area contributed by atoms with Crippen LogP contribution in [0.15, 0.2) is 60.7 Å². The lowest BCUT2D eigenvalue weighted by Gasteiger charge is -2.31. The highest BCUT2D eigenvalue weighted by atomic mass is 16.5. The van der Waals surface area contributed by atoms with E-state index in [1.807, 2.05) is 60.7 Å². The van der Waals surface area contributed by atoms with Gasteiger partial charge in [-0.05, 0) is 24.0 Å². The van der Waals surface area contributed by atoms with Gasteiger partial charge in [-0.3, -0.25) is 14.4 Å². The van der Waals surface area contributed by atoms with Crippen LogP contribution in [-0.2, 0) is 32.1 Å². The highest BCUT2D eigenvalue weighted by molar-refractivity contribution is 6.36. The van der Waals surface area contributed by atoms with Crippen LogP contribution in [0.1, 0.15) is 24.0 Å². The minimum Gasteiger partial charge on any atom is -0.461 e. The van der Waals surface area contributed by atoms with Crippen LogP contribution in [0.4, 0.5) is 0 Å². The molecule has 1 amide bonds. The molecule has 5 heteroatoms. The van der Waals surface area contributed by atoms with Crippen LogP contribution in [0.5, 0.6) is 0 Å². The van der Waals surface area contributed by atoms with Crippen LogP contribution in [-0.4, -0.2) is 35.6 Å². The summed E-state index contributed by atoms with van der Waals surface area (Å²) in [6.45, 7) is 0.964. The normalized spacial score (nSPS) is 16.6. The molecule has 0 spiro atoms. The van der Waals surface area contributed by atoms with Crippen molar-refractivity contribution in [1.82, 2.24) is 4.90 Å². The fourth-order valence-electron chi connectivity index (χ4n) is 3.23. The second kappa shape index (κ2) is 9.12. The zero-order valence-corrected chi connectivity index (χ0v) is 15.2. The van der Waals surface area contributed by atoms with Gasteiger partial charge < -0.3 is 9.64 Å². The minimum absolute atomic E-state index is 0.0826. The Balaban J connectivity index is 1.52. The van der Waals surface area contributed by atoms with Gasteiger partial charge in [-0.25, -0.2) is 0 Å². The molecule has 2 aromatic carbocycles. The smallest absolute Gasteiger partial charge is 0.311 e. The zero-order chi connectivity index (χ0) is 19.1. The molecule has 5 nitrogen and oxygen atoms in total. The molecule has 1 aliphatic rings. The number of ketones is 1. The number of esters is 1. The van der Waals surface area contributed by atoms with Crippen LogP contribution in [0.3, 0.4) is 0 Å². The van der Waals surface area contributed by atoms with E-state index in [0.29, 0.717) is 19.4 Å². The van der Waals surface area contributed by atoms with Gasteiger partial charge in [-0.15, -0.1) is 0 Å². The van der Waals surface area contributed by atoms with Gasteiger partial charge in [0.05, 0.1) is 5.92 Å². The van der Waals surface area contributed by atoms with Crippen molar-refractivity contribution in [2.45, 2.75) is 25.9 Å². The molecule has 1 heterocycles. The average Bonchev–Trinajstić information content (AvgIpc) is 2.73. The fraction of sp³-hybridized carbons (Fsp3) is 0.318. The number of likely N-dealkylation sites (tertiary alicyclic amines) is 1. The summed E-state index contributed by atoms with van der Waals surface area (Å²) < 4.78 is 5.39. The highest BCUT2D eigenvalue weighted by Crippen LogP contribution is 2.19. The zero-order valence-electron chi connectivity index (χ0n) is 15.2. The summed E-state index contributed by atoms with van der Waals surface area (Å²) >= 11 is 0. The van der Waals surface area contributed by atoms with Crippen molar-refractivity contribution in [1.29, 1.82) is 0 Å². The molecule has 0 saturated carbocycles. The molecule has 0 aliphatic carbocycles. The Morgan fingerprint density at radius 3 is 2.22 bits per heavy atom. The fourth-order valence-corrected chi connectivity index (χ4v) is 3.23. The number of piperidine rings is 1. The van der Waals surface area contributed by atoms with E-state index in [0.717, 1.165) is 11.1 Å². The third kappa shape index (κ3) is 5.26. The number of hydrogen-bond donors (Lipinski definition) is 0. The van der Waals surface area contributed by atoms with Gasteiger partial charge in [0.1, 0.15) is 6.61 Å². The third-order valence-electron chi connectivity index (χ3n) is 4.71. The van der Waals surface area contributed by atoms with E-state index < -0.39 is 11.7 Å². The Morgan fingerprint density at radius 1 is 0.926 bits per heavy atom. The summed E-state index contributed by atoms with van der Waals surface area (Å²) in [6, 6.07) is 18.7. The molecule has 0 N–H and O–H groups in total. The van der Waals surface area contributed by atoms with Crippen molar-refractivity contribution in [2.24, 2.45) is 5.92 Å². The first-order chi connectivity index (χ1) is 13.1. The van der Waals surface area contributed by atoms with E-state index in [1.54, 1.807) is 0 Å². The Hall–Kier alpha value is -2.95. The lowest BCUT2D eigenvalue weighted by Crippen LogP contribution is -2.45. The van der Waals surface area contributed by atoms with E-state index in [9.17, 15) is 14.4 Å². The monoisotopic (exact) mass is 365 g/mol. The predicted octanol–water partition coefficient (Wildman–Crippen LogP) is 2.78. The van der Waals surface area contributed by atoms with Gasteiger partial charge in [0.25, 0.3) is 5.91 Å². The van der Waals surface area contributed by atoms with Crippen molar-refractivity contribution in [2.75, 3.05) is 13.1 Å². The molecule has 1 atom stereocenters. The van der Waals surface area contributed by atoms with Gasteiger partial charge in [0.15, 0.2) is 0 Å². The first-order valence-corrected chi connectivity index (χ1v) is 9.20. The first-order valence-electron chi connectivity index (χ1n) is 9.20. The lowest BCUT2D eigenvalue weighted by molar-refractivity contribution is -0.154. The van der Waals surface area contributed by atoms with Gasteiger partial charge >= 0.3 is 5.97 Å². The maximum atomic E-state index is 12.5. The molecule has 140 valence electrons. The van der Waals surface area contributed by atoms with Gasteiger partial charge in [-0.1, -0.05) is 60.7 Å². The number of nitrogens with zero attached hydrogens (tertiary/aromatic N) is 1. The van der Waals surface area contributed by atoms with Crippen molar-refractivity contribution >= 4 is 17.7 Å².